The molecule has 1 N–H and O–H groups in total. The number of morpholine rings is 1. The van der Waals surface area contributed by atoms with Crippen molar-refractivity contribution < 1.29 is 14.5 Å². The van der Waals surface area contributed by atoms with Crippen LogP contribution in [-0.4, -0.2) is 68.6 Å². The number of anilines is 1. The van der Waals surface area contributed by atoms with Gasteiger partial charge in [-0.25, -0.2) is 5.10 Å². The number of carbonyl (C=O) groups excluding carboxylic acids is 1. The third-order valence-electron chi connectivity index (χ3n) is 3.10. The lowest BCUT2D eigenvalue weighted by atomic mass is 10.1. The van der Waals surface area contributed by atoms with Gasteiger partial charge in [0.25, 0.3) is 5.95 Å². The topological polar surface area (TPSA) is 130 Å². The Morgan fingerprint density at radius 1 is 1.48 bits per heavy atom. The first-order valence-corrected chi connectivity index (χ1v) is 7.06. The molecule has 2 rings (SSSR count). The second kappa shape index (κ2) is 6.69. The Balaban J connectivity index is 2.35. The van der Waals surface area contributed by atoms with Crippen molar-refractivity contribution in [2.75, 3.05) is 31.3 Å². The highest BCUT2D eigenvalue weighted by atomic mass is 16.6. The third kappa shape index (κ3) is 4.00. The van der Waals surface area contributed by atoms with Crippen LogP contribution < -0.4 is 5.01 Å². The summed E-state index contributed by atoms with van der Waals surface area (Å²) in [6.07, 6.45) is 1.26. The fourth-order valence-electron chi connectivity index (χ4n) is 1.98. The second-order valence-corrected chi connectivity index (χ2v) is 5.88. The molecule has 1 fully saturated rings. The van der Waals surface area contributed by atoms with E-state index in [9.17, 15) is 14.9 Å². The van der Waals surface area contributed by atoms with Crippen LogP contribution in [0.5, 0.6) is 0 Å². The lowest BCUT2D eigenvalue weighted by molar-refractivity contribution is -0.350. The van der Waals surface area contributed by atoms with Gasteiger partial charge in [0.05, 0.1) is 23.9 Å². The van der Waals surface area contributed by atoms with Crippen LogP contribution in [0.3, 0.4) is 0 Å². The van der Waals surface area contributed by atoms with Gasteiger partial charge in [-0.1, -0.05) is 0 Å². The summed E-state index contributed by atoms with van der Waals surface area (Å²) in [5.74, 6) is -1.29. The Kier molecular flexibility index (Phi) is 4.89. The van der Waals surface area contributed by atoms with Crippen molar-refractivity contribution >= 4 is 17.7 Å². The van der Waals surface area contributed by atoms with Crippen molar-refractivity contribution in [2.24, 2.45) is 5.10 Å². The van der Waals surface area contributed by atoms with Crippen LogP contribution in [0.1, 0.15) is 20.8 Å². The number of hydrogen-bond acceptors (Lipinski definition) is 8. The van der Waals surface area contributed by atoms with E-state index in [4.69, 9.17) is 4.74 Å². The van der Waals surface area contributed by atoms with E-state index in [0.29, 0.717) is 26.3 Å². The van der Waals surface area contributed by atoms with Crippen LogP contribution in [0, 0.1) is 10.1 Å². The normalized spacial score (nSPS) is 16.3. The van der Waals surface area contributed by atoms with E-state index in [1.807, 2.05) is 0 Å². The summed E-state index contributed by atoms with van der Waals surface area (Å²) >= 11 is 0. The fourth-order valence-corrected chi connectivity index (χ4v) is 1.98. The maximum Gasteiger partial charge on any atom is 0.453 e. The standard InChI is InChI=1S/C12H19N7O4/c1-12(2,3)18(11-13-8-14-15-11)16-9(19(21)22)10(20)17-4-6-23-7-5-17/h8H,4-7H2,1-3H3,(H,13,14,15). The number of nitro groups is 1. The molecule has 0 aromatic carbocycles. The molecule has 1 amide bonds. The summed E-state index contributed by atoms with van der Waals surface area (Å²) in [4.78, 5) is 28.3. The molecule has 11 heteroatoms. The molecule has 1 saturated heterocycles. The van der Waals surface area contributed by atoms with E-state index in [1.165, 1.54) is 16.2 Å². The number of nitrogens with one attached hydrogen (secondary N) is 1. The minimum absolute atomic E-state index is 0.214. The number of rotatable bonds is 2. The molecule has 0 bridgehead atoms. The summed E-state index contributed by atoms with van der Waals surface area (Å²) in [5.41, 5.74) is -0.647. The maximum atomic E-state index is 12.4. The van der Waals surface area contributed by atoms with Gasteiger partial charge in [-0.3, -0.25) is 4.79 Å². The molecule has 0 unspecified atom stereocenters. The van der Waals surface area contributed by atoms with Crippen molar-refractivity contribution in [3.63, 3.8) is 0 Å². The Bertz CT molecular complexity index is 587. The predicted octanol–water partition coefficient (Wildman–Crippen LogP) is -0.141. The highest BCUT2D eigenvalue weighted by molar-refractivity contribution is 6.34. The van der Waals surface area contributed by atoms with E-state index in [1.54, 1.807) is 20.8 Å². The minimum atomic E-state index is -0.785. The van der Waals surface area contributed by atoms with Crippen LogP contribution in [0.4, 0.5) is 5.95 Å². The number of hydrazone groups is 1. The average molecular weight is 325 g/mol. The number of aromatic amines is 1. The molecule has 11 nitrogen and oxygen atoms in total. The zero-order valence-electron chi connectivity index (χ0n) is 13.2. The number of ether oxygens (including phenoxy) is 1. The summed E-state index contributed by atoms with van der Waals surface area (Å²) in [7, 11) is 0. The molecular weight excluding hydrogens is 306 g/mol. The van der Waals surface area contributed by atoms with Crippen molar-refractivity contribution in [1.29, 1.82) is 0 Å². The first kappa shape index (κ1) is 16.8. The van der Waals surface area contributed by atoms with Crippen molar-refractivity contribution in [3.8, 4) is 0 Å². The summed E-state index contributed by atoms with van der Waals surface area (Å²) in [6, 6.07) is 0. The Morgan fingerprint density at radius 2 is 2.13 bits per heavy atom. The van der Waals surface area contributed by atoms with Crippen LogP contribution in [0.15, 0.2) is 11.4 Å². The Labute approximate surface area is 132 Å². The second-order valence-electron chi connectivity index (χ2n) is 5.88. The van der Waals surface area contributed by atoms with Crippen LogP contribution >= 0.6 is 0 Å². The largest absolute Gasteiger partial charge is 0.453 e. The molecule has 0 atom stereocenters. The molecule has 23 heavy (non-hydrogen) atoms. The molecule has 0 aliphatic carbocycles. The van der Waals surface area contributed by atoms with Crippen molar-refractivity contribution in [1.82, 2.24) is 20.1 Å². The van der Waals surface area contributed by atoms with Crippen LogP contribution in [-0.2, 0) is 9.53 Å². The lowest BCUT2D eigenvalue weighted by Crippen LogP contribution is -2.48. The van der Waals surface area contributed by atoms with E-state index in [-0.39, 0.29) is 5.95 Å². The number of aromatic nitrogens is 3. The van der Waals surface area contributed by atoms with Gasteiger partial charge in [-0.2, -0.15) is 10.1 Å². The van der Waals surface area contributed by atoms with Crippen molar-refractivity contribution in [3.05, 3.63) is 16.4 Å². The monoisotopic (exact) mass is 325 g/mol. The van der Waals surface area contributed by atoms with Crippen LogP contribution in [0.2, 0.25) is 0 Å². The number of hydrogen-bond donors (Lipinski definition) is 1. The van der Waals surface area contributed by atoms with Gasteiger partial charge in [0.15, 0.2) is 0 Å². The Morgan fingerprint density at radius 3 is 2.61 bits per heavy atom. The predicted molar refractivity (Wildman–Crippen MR) is 80.4 cm³/mol. The number of amidine groups is 1. The molecule has 1 aliphatic heterocycles. The van der Waals surface area contributed by atoms with Gasteiger partial charge >= 0.3 is 11.7 Å². The average Bonchev–Trinajstić information content (AvgIpc) is 3.00. The number of amides is 1. The van der Waals surface area contributed by atoms with Gasteiger partial charge in [-0.05, 0) is 25.7 Å². The zero-order chi connectivity index (χ0) is 17.0. The maximum absolute atomic E-state index is 12.4. The fraction of sp³-hybridized carbons (Fsp3) is 0.667. The number of H-pyrrole nitrogens is 1. The van der Waals surface area contributed by atoms with Crippen molar-refractivity contribution in [2.45, 2.75) is 26.3 Å². The number of nitrogens with zero attached hydrogens (tertiary/aromatic N) is 6. The van der Waals surface area contributed by atoms with E-state index in [0.717, 1.165) is 0 Å². The van der Waals surface area contributed by atoms with E-state index in [2.05, 4.69) is 20.3 Å². The molecule has 1 aliphatic rings. The molecule has 126 valence electrons. The van der Waals surface area contributed by atoms with E-state index < -0.39 is 22.2 Å². The molecule has 0 saturated carbocycles. The highest BCUT2D eigenvalue weighted by Gasteiger charge is 2.37. The third-order valence-corrected chi connectivity index (χ3v) is 3.10. The Hall–Kier alpha value is -2.56. The first-order chi connectivity index (χ1) is 10.8. The van der Waals surface area contributed by atoms with Gasteiger partial charge in [0, 0.05) is 13.1 Å². The van der Waals surface area contributed by atoms with E-state index >= 15 is 0 Å². The lowest BCUT2D eigenvalue weighted by Gasteiger charge is -2.27. The molecule has 2 heterocycles. The van der Waals surface area contributed by atoms with Gasteiger partial charge in [0.2, 0.25) is 0 Å². The summed E-state index contributed by atoms with van der Waals surface area (Å²) < 4.78 is 5.15. The molecule has 1 aromatic heterocycles. The van der Waals surface area contributed by atoms with Crippen LogP contribution in [0.25, 0.3) is 0 Å². The quantitative estimate of drug-likeness (QED) is 0.346. The smallest absolute Gasteiger partial charge is 0.378 e. The van der Waals surface area contributed by atoms with Gasteiger partial charge < -0.3 is 19.8 Å². The van der Waals surface area contributed by atoms with Gasteiger partial charge in [-0.15, -0.1) is 5.01 Å². The molecule has 1 aromatic rings. The van der Waals surface area contributed by atoms with Gasteiger partial charge in [0.1, 0.15) is 6.33 Å². The minimum Gasteiger partial charge on any atom is -0.378 e. The summed E-state index contributed by atoms with van der Waals surface area (Å²) in [6.45, 7) is 6.65. The SMILES string of the molecule is CC(C)(C)N(N=C(C(=O)N1CCOCC1)[N+](=O)[O-])c1ncn[nH]1. The zero-order valence-corrected chi connectivity index (χ0v) is 13.2. The molecule has 0 radical (unpaired) electrons. The molecular formula is C12H19N7O4. The first-order valence-electron chi connectivity index (χ1n) is 7.06. The number of carbonyl (C=O) groups is 1. The molecule has 0 spiro atoms. The summed E-state index contributed by atoms with van der Waals surface area (Å²) in [5, 5.41) is 22.9. The highest BCUT2D eigenvalue weighted by Crippen LogP contribution is 2.20.